The van der Waals surface area contributed by atoms with Crippen LogP contribution in [0.5, 0.6) is 0 Å². The molecule has 0 radical (unpaired) electrons. The van der Waals surface area contributed by atoms with Crippen LogP contribution in [0.2, 0.25) is 0 Å². The minimum absolute atomic E-state index is 0.196. The molecule has 3 N–H and O–H groups in total. The molecule has 0 spiro atoms. The number of rotatable bonds is 10. The van der Waals surface area contributed by atoms with Crippen LogP contribution in [0.15, 0.2) is 0 Å². The summed E-state index contributed by atoms with van der Waals surface area (Å²) in [6.45, 7) is 9.37. The van der Waals surface area contributed by atoms with Gasteiger partial charge in [0.25, 0.3) is 0 Å². The SMILES string of the molecule is CCCC(CCN)CCC(=O)NC(C)CC(C)C. The van der Waals surface area contributed by atoms with Crippen molar-refractivity contribution in [2.24, 2.45) is 17.6 Å². The van der Waals surface area contributed by atoms with Crippen LogP contribution >= 0.6 is 0 Å². The maximum atomic E-state index is 11.8. The molecule has 0 heterocycles. The van der Waals surface area contributed by atoms with Gasteiger partial charge in [-0.05, 0) is 44.6 Å². The zero-order valence-electron chi connectivity index (χ0n) is 12.7. The van der Waals surface area contributed by atoms with E-state index in [4.69, 9.17) is 5.73 Å². The maximum absolute atomic E-state index is 11.8. The molecule has 0 aliphatic carbocycles. The van der Waals surface area contributed by atoms with Gasteiger partial charge in [-0.2, -0.15) is 0 Å². The smallest absolute Gasteiger partial charge is 0.220 e. The van der Waals surface area contributed by atoms with E-state index in [-0.39, 0.29) is 11.9 Å². The van der Waals surface area contributed by atoms with E-state index in [1.165, 1.54) is 12.8 Å². The van der Waals surface area contributed by atoms with Gasteiger partial charge in [0.1, 0.15) is 0 Å². The molecule has 0 bridgehead atoms. The average Bonchev–Trinajstić information content (AvgIpc) is 2.25. The van der Waals surface area contributed by atoms with E-state index in [1.807, 2.05) is 0 Å². The zero-order valence-corrected chi connectivity index (χ0v) is 12.7. The first-order valence-corrected chi connectivity index (χ1v) is 7.49. The Kier molecular flexibility index (Phi) is 10.0. The number of carbonyl (C=O) groups excluding carboxylic acids is 1. The van der Waals surface area contributed by atoms with Gasteiger partial charge in [-0.1, -0.05) is 33.6 Å². The Morgan fingerprint density at radius 2 is 1.83 bits per heavy atom. The maximum Gasteiger partial charge on any atom is 0.220 e. The molecule has 108 valence electrons. The molecule has 0 aromatic carbocycles. The van der Waals surface area contributed by atoms with Gasteiger partial charge in [-0.15, -0.1) is 0 Å². The minimum atomic E-state index is 0.196. The predicted octanol–water partition coefficient (Wildman–Crippen LogP) is 3.08. The molecule has 0 aromatic heterocycles. The second-order valence-electron chi connectivity index (χ2n) is 5.87. The standard InChI is InChI=1S/C15H32N2O/c1-5-6-14(9-10-16)7-8-15(18)17-13(4)11-12(2)3/h12-14H,5-11,16H2,1-4H3,(H,17,18). The van der Waals surface area contributed by atoms with Crippen molar-refractivity contribution in [3.05, 3.63) is 0 Å². The summed E-state index contributed by atoms with van der Waals surface area (Å²) in [5, 5.41) is 3.08. The molecule has 2 atom stereocenters. The monoisotopic (exact) mass is 256 g/mol. The van der Waals surface area contributed by atoms with Crippen molar-refractivity contribution in [2.75, 3.05) is 6.54 Å². The Bertz CT molecular complexity index is 211. The first-order valence-electron chi connectivity index (χ1n) is 7.49. The van der Waals surface area contributed by atoms with Crippen LogP contribution in [0.1, 0.15) is 66.2 Å². The van der Waals surface area contributed by atoms with Crippen molar-refractivity contribution in [3.8, 4) is 0 Å². The molecular weight excluding hydrogens is 224 g/mol. The molecule has 2 unspecified atom stereocenters. The first-order chi connectivity index (χ1) is 8.49. The Morgan fingerprint density at radius 3 is 2.33 bits per heavy atom. The van der Waals surface area contributed by atoms with E-state index >= 15 is 0 Å². The highest BCUT2D eigenvalue weighted by Crippen LogP contribution is 2.17. The minimum Gasteiger partial charge on any atom is -0.354 e. The van der Waals surface area contributed by atoms with Gasteiger partial charge in [0.2, 0.25) is 5.91 Å². The average molecular weight is 256 g/mol. The summed E-state index contributed by atoms with van der Waals surface area (Å²) in [6.07, 6.45) is 6.08. The molecule has 0 aliphatic rings. The van der Waals surface area contributed by atoms with Crippen molar-refractivity contribution >= 4 is 5.91 Å². The van der Waals surface area contributed by atoms with Crippen molar-refractivity contribution in [3.63, 3.8) is 0 Å². The lowest BCUT2D eigenvalue weighted by molar-refractivity contribution is -0.122. The summed E-state index contributed by atoms with van der Waals surface area (Å²) in [6, 6.07) is 0.289. The topological polar surface area (TPSA) is 55.1 Å². The van der Waals surface area contributed by atoms with Crippen LogP contribution in [0.4, 0.5) is 0 Å². The van der Waals surface area contributed by atoms with Gasteiger partial charge in [0, 0.05) is 12.5 Å². The summed E-state index contributed by atoms with van der Waals surface area (Å²) >= 11 is 0. The fourth-order valence-electron chi connectivity index (χ4n) is 2.53. The fourth-order valence-corrected chi connectivity index (χ4v) is 2.53. The van der Waals surface area contributed by atoms with E-state index in [9.17, 15) is 4.79 Å². The molecular formula is C15H32N2O. The summed E-state index contributed by atoms with van der Waals surface area (Å²) in [5.41, 5.74) is 5.60. The third-order valence-corrected chi connectivity index (χ3v) is 3.28. The van der Waals surface area contributed by atoms with Gasteiger partial charge in [0.15, 0.2) is 0 Å². The zero-order chi connectivity index (χ0) is 14.0. The molecule has 0 fully saturated rings. The quantitative estimate of drug-likeness (QED) is 0.631. The number of carbonyl (C=O) groups is 1. The molecule has 0 aromatic rings. The molecule has 3 nitrogen and oxygen atoms in total. The number of hydrogen-bond acceptors (Lipinski definition) is 2. The van der Waals surface area contributed by atoms with Crippen molar-refractivity contribution in [2.45, 2.75) is 72.3 Å². The summed E-state index contributed by atoms with van der Waals surface area (Å²) in [4.78, 5) is 11.8. The third kappa shape index (κ3) is 9.46. The summed E-state index contributed by atoms with van der Waals surface area (Å²) in [7, 11) is 0. The van der Waals surface area contributed by atoms with Crippen LogP contribution < -0.4 is 11.1 Å². The van der Waals surface area contributed by atoms with E-state index in [1.54, 1.807) is 0 Å². The molecule has 3 heteroatoms. The lowest BCUT2D eigenvalue weighted by atomic mass is 9.94. The van der Waals surface area contributed by atoms with Crippen molar-refractivity contribution < 1.29 is 4.79 Å². The molecule has 0 aliphatic heterocycles. The Labute approximate surface area is 113 Å². The van der Waals surface area contributed by atoms with Crippen LogP contribution in [-0.2, 0) is 4.79 Å². The first kappa shape index (κ1) is 17.4. The number of nitrogens with one attached hydrogen (secondary N) is 1. The van der Waals surface area contributed by atoms with Gasteiger partial charge < -0.3 is 11.1 Å². The van der Waals surface area contributed by atoms with E-state index in [0.29, 0.717) is 18.3 Å². The molecule has 0 saturated heterocycles. The van der Waals surface area contributed by atoms with Crippen LogP contribution in [0.25, 0.3) is 0 Å². The number of nitrogens with two attached hydrogens (primary N) is 1. The van der Waals surface area contributed by atoms with Crippen LogP contribution in [-0.4, -0.2) is 18.5 Å². The van der Waals surface area contributed by atoms with Crippen LogP contribution in [0, 0.1) is 11.8 Å². The highest BCUT2D eigenvalue weighted by molar-refractivity contribution is 5.76. The normalized spacial score (nSPS) is 14.6. The van der Waals surface area contributed by atoms with Gasteiger partial charge in [0.05, 0.1) is 0 Å². The van der Waals surface area contributed by atoms with E-state index in [2.05, 4.69) is 33.0 Å². The Hall–Kier alpha value is -0.570. The van der Waals surface area contributed by atoms with Gasteiger partial charge in [-0.3, -0.25) is 4.79 Å². The molecule has 18 heavy (non-hydrogen) atoms. The molecule has 0 rings (SSSR count). The molecule has 1 amide bonds. The molecule has 0 saturated carbocycles. The van der Waals surface area contributed by atoms with Gasteiger partial charge in [-0.25, -0.2) is 0 Å². The number of amides is 1. The Balaban J connectivity index is 3.85. The lowest BCUT2D eigenvalue weighted by Crippen LogP contribution is -2.33. The second-order valence-corrected chi connectivity index (χ2v) is 5.87. The second kappa shape index (κ2) is 10.4. The van der Waals surface area contributed by atoms with Crippen molar-refractivity contribution in [1.29, 1.82) is 0 Å². The third-order valence-electron chi connectivity index (χ3n) is 3.28. The lowest BCUT2D eigenvalue weighted by Gasteiger charge is -2.18. The summed E-state index contributed by atoms with van der Waals surface area (Å²) in [5.74, 6) is 1.44. The fraction of sp³-hybridized carbons (Fsp3) is 0.933. The number of hydrogen-bond donors (Lipinski definition) is 2. The van der Waals surface area contributed by atoms with Crippen molar-refractivity contribution in [1.82, 2.24) is 5.32 Å². The van der Waals surface area contributed by atoms with E-state index in [0.717, 1.165) is 25.8 Å². The highest BCUT2D eigenvalue weighted by Gasteiger charge is 2.12. The van der Waals surface area contributed by atoms with E-state index < -0.39 is 0 Å². The van der Waals surface area contributed by atoms with Gasteiger partial charge >= 0.3 is 0 Å². The summed E-state index contributed by atoms with van der Waals surface area (Å²) < 4.78 is 0. The Morgan fingerprint density at radius 1 is 1.17 bits per heavy atom. The predicted molar refractivity (Wildman–Crippen MR) is 78.4 cm³/mol. The van der Waals surface area contributed by atoms with Crippen LogP contribution in [0.3, 0.4) is 0 Å². The highest BCUT2D eigenvalue weighted by atomic mass is 16.1. The largest absolute Gasteiger partial charge is 0.354 e.